The monoisotopic (exact) mass is 482 g/mol. The van der Waals surface area contributed by atoms with Gasteiger partial charge in [-0.05, 0) is 23.8 Å². The van der Waals surface area contributed by atoms with Crippen LogP contribution in [-0.2, 0) is 4.79 Å². The van der Waals surface area contributed by atoms with Crippen LogP contribution in [0.5, 0.6) is 0 Å². The molecule has 4 aromatic rings. The van der Waals surface area contributed by atoms with Crippen molar-refractivity contribution < 1.29 is 19.6 Å². The van der Waals surface area contributed by atoms with Crippen molar-refractivity contribution in [1.82, 2.24) is 20.3 Å². The van der Waals surface area contributed by atoms with E-state index >= 15 is 0 Å². The minimum absolute atomic E-state index is 0.0136. The molecule has 13 heteroatoms. The maximum atomic E-state index is 12.8. The first-order valence-corrected chi connectivity index (χ1v) is 10.7. The molecular weight excluding hydrogens is 464 g/mol. The molecule has 1 amide bonds. The molecule has 0 bridgehead atoms. The van der Waals surface area contributed by atoms with E-state index in [-0.39, 0.29) is 22.3 Å². The summed E-state index contributed by atoms with van der Waals surface area (Å²) in [5.74, 6) is -2.43. The lowest BCUT2D eigenvalue weighted by molar-refractivity contribution is -0.385. The summed E-state index contributed by atoms with van der Waals surface area (Å²) in [5, 5.41) is 23.6. The van der Waals surface area contributed by atoms with E-state index in [2.05, 4.69) is 20.3 Å². The molecule has 2 atom stereocenters. The number of rotatable bonds is 7. The fourth-order valence-corrected chi connectivity index (χ4v) is 4.64. The number of aromatic amines is 2. The number of nitrogens with two attached hydrogens (primary N) is 1. The molecule has 3 heterocycles. The minimum Gasteiger partial charge on any atom is -0.479 e. The van der Waals surface area contributed by atoms with Gasteiger partial charge in [0.05, 0.1) is 20.8 Å². The van der Waals surface area contributed by atoms with Crippen molar-refractivity contribution in [3.8, 4) is 0 Å². The zero-order valence-corrected chi connectivity index (χ0v) is 18.4. The molecule has 34 heavy (non-hydrogen) atoms. The van der Waals surface area contributed by atoms with Gasteiger partial charge in [-0.1, -0.05) is 19.1 Å². The second-order valence-corrected chi connectivity index (χ2v) is 8.52. The number of thiophene rings is 1. The number of nitro benzene ring substituents is 1. The zero-order chi connectivity index (χ0) is 24.6. The molecule has 0 fully saturated rings. The summed E-state index contributed by atoms with van der Waals surface area (Å²) in [6.45, 7) is 1.85. The number of carbonyl (C=O) groups is 2. The van der Waals surface area contributed by atoms with Gasteiger partial charge in [-0.15, -0.1) is 11.3 Å². The highest BCUT2D eigenvalue weighted by Gasteiger charge is 2.30. The Labute approximate surface area is 194 Å². The van der Waals surface area contributed by atoms with Crippen LogP contribution in [0.1, 0.15) is 44.6 Å². The molecule has 174 valence electrons. The Bertz CT molecular complexity index is 1490. The molecule has 0 radical (unpaired) electrons. The average Bonchev–Trinajstić information content (AvgIpc) is 3.44. The average molecular weight is 482 g/mol. The number of aliphatic carboxylic acids is 1. The third-order valence-corrected chi connectivity index (χ3v) is 6.57. The Balaban J connectivity index is 1.61. The lowest BCUT2D eigenvalue weighted by Gasteiger charge is -2.14. The molecule has 3 aromatic heterocycles. The van der Waals surface area contributed by atoms with E-state index in [0.29, 0.717) is 16.6 Å². The first kappa shape index (κ1) is 22.7. The molecule has 0 aliphatic heterocycles. The Morgan fingerprint density at radius 1 is 1.24 bits per heavy atom. The summed E-state index contributed by atoms with van der Waals surface area (Å²) in [4.78, 5) is 58.0. The number of nitrogen functional groups attached to an aromatic ring is 1. The van der Waals surface area contributed by atoms with Gasteiger partial charge in [0.2, 0.25) is 5.95 Å². The highest BCUT2D eigenvalue weighted by molar-refractivity contribution is 7.14. The van der Waals surface area contributed by atoms with E-state index in [4.69, 9.17) is 5.73 Å². The Morgan fingerprint density at radius 2 is 1.97 bits per heavy atom. The normalized spacial score (nSPS) is 12.9. The predicted octanol–water partition coefficient (Wildman–Crippen LogP) is 2.51. The summed E-state index contributed by atoms with van der Waals surface area (Å²) >= 11 is 1.11. The van der Waals surface area contributed by atoms with Crippen molar-refractivity contribution in [1.29, 1.82) is 0 Å². The van der Waals surface area contributed by atoms with Gasteiger partial charge in [0.15, 0.2) is 6.04 Å². The maximum Gasteiger partial charge on any atom is 0.331 e. The molecule has 1 aromatic carbocycles. The van der Waals surface area contributed by atoms with E-state index in [1.54, 1.807) is 12.3 Å². The van der Waals surface area contributed by atoms with Crippen LogP contribution in [0.2, 0.25) is 0 Å². The quantitative estimate of drug-likeness (QED) is 0.195. The summed E-state index contributed by atoms with van der Waals surface area (Å²) in [7, 11) is 0. The van der Waals surface area contributed by atoms with Crippen molar-refractivity contribution >= 4 is 45.9 Å². The number of nitrogens with zero attached hydrogens (tertiary/aromatic N) is 2. The summed E-state index contributed by atoms with van der Waals surface area (Å²) in [6.07, 6.45) is 1.64. The molecule has 2 unspecified atom stereocenters. The third kappa shape index (κ3) is 4.11. The summed E-state index contributed by atoms with van der Waals surface area (Å²) in [6, 6.07) is 6.95. The molecule has 0 aliphatic carbocycles. The molecule has 0 saturated carbocycles. The van der Waals surface area contributed by atoms with Crippen LogP contribution in [0.3, 0.4) is 0 Å². The van der Waals surface area contributed by atoms with Crippen molar-refractivity contribution in [2.24, 2.45) is 0 Å². The Morgan fingerprint density at radius 3 is 2.68 bits per heavy atom. The number of aromatic nitrogens is 3. The molecule has 0 spiro atoms. The highest BCUT2D eigenvalue weighted by Crippen LogP contribution is 2.33. The van der Waals surface area contributed by atoms with Gasteiger partial charge < -0.3 is 21.1 Å². The summed E-state index contributed by atoms with van der Waals surface area (Å²) < 4.78 is 0. The predicted molar refractivity (Wildman–Crippen MR) is 124 cm³/mol. The lowest BCUT2D eigenvalue weighted by atomic mass is 10.0. The molecule has 6 N–H and O–H groups in total. The molecular formula is C21H18N6O6S. The number of carboxylic acids is 1. The topological polar surface area (TPSA) is 197 Å². The maximum absolute atomic E-state index is 12.8. The highest BCUT2D eigenvalue weighted by atomic mass is 32.1. The SMILES string of the molecule is CC(c1ccc(C(=O)NC(C(=O)O)c2ccccc2[N+](=O)[O-])s1)c1c[nH]c2nc(N)[nH]c(=O)c12. The largest absolute Gasteiger partial charge is 0.479 e. The van der Waals surface area contributed by atoms with Gasteiger partial charge in [-0.25, -0.2) is 4.79 Å². The molecule has 4 rings (SSSR count). The van der Waals surface area contributed by atoms with Gasteiger partial charge in [0.25, 0.3) is 17.2 Å². The van der Waals surface area contributed by atoms with E-state index < -0.39 is 34.1 Å². The number of nitrogens with one attached hydrogen (secondary N) is 3. The van der Waals surface area contributed by atoms with E-state index in [1.165, 1.54) is 30.3 Å². The third-order valence-electron chi connectivity index (χ3n) is 5.30. The number of anilines is 1. The Kier molecular flexibility index (Phi) is 5.86. The second kappa shape index (κ2) is 8.78. The molecule has 0 aliphatic rings. The smallest absolute Gasteiger partial charge is 0.331 e. The Hall–Kier alpha value is -4.52. The van der Waals surface area contributed by atoms with Crippen LogP contribution in [-0.4, -0.2) is 36.9 Å². The van der Waals surface area contributed by atoms with Crippen LogP contribution >= 0.6 is 11.3 Å². The van der Waals surface area contributed by atoms with Crippen molar-refractivity contribution in [3.05, 3.63) is 83.9 Å². The van der Waals surface area contributed by atoms with Gasteiger partial charge in [-0.3, -0.25) is 24.7 Å². The number of benzene rings is 1. The molecule has 12 nitrogen and oxygen atoms in total. The van der Waals surface area contributed by atoms with Gasteiger partial charge in [-0.2, -0.15) is 4.98 Å². The lowest BCUT2D eigenvalue weighted by Crippen LogP contribution is -2.33. The minimum atomic E-state index is -1.61. The van der Waals surface area contributed by atoms with Crippen LogP contribution < -0.4 is 16.6 Å². The zero-order valence-electron chi connectivity index (χ0n) is 17.6. The first-order valence-electron chi connectivity index (χ1n) is 9.90. The number of hydrogen-bond acceptors (Lipinski definition) is 8. The standard InChI is InChI=1S/C21H18N6O6S/c1-9(11-8-23-17-15(11)19(29)26-21(22)25-17)13-6-7-14(34-13)18(28)24-16(20(30)31)10-4-2-3-5-12(10)27(32)33/h2-9,16H,1H3,(H,24,28)(H,30,31)(H4,22,23,25,26,29). The van der Waals surface area contributed by atoms with Crippen molar-refractivity contribution in [2.45, 2.75) is 18.9 Å². The number of para-hydroxylation sites is 1. The number of hydrogen-bond donors (Lipinski definition) is 5. The van der Waals surface area contributed by atoms with E-state index in [0.717, 1.165) is 16.2 Å². The summed E-state index contributed by atoms with van der Waals surface area (Å²) in [5.41, 5.74) is 5.63. The molecule has 0 saturated heterocycles. The number of carboxylic acid groups (broad SMARTS) is 1. The van der Waals surface area contributed by atoms with Gasteiger partial charge in [0.1, 0.15) is 5.65 Å². The number of nitro groups is 1. The van der Waals surface area contributed by atoms with Crippen molar-refractivity contribution in [2.75, 3.05) is 5.73 Å². The number of H-pyrrole nitrogens is 2. The fourth-order valence-electron chi connectivity index (χ4n) is 3.66. The van der Waals surface area contributed by atoms with Gasteiger partial charge in [0, 0.05) is 23.1 Å². The van der Waals surface area contributed by atoms with Crippen LogP contribution in [0, 0.1) is 10.1 Å². The van der Waals surface area contributed by atoms with E-state index in [9.17, 15) is 29.6 Å². The second-order valence-electron chi connectivity index (χ2n) is 7.40. The van der Waals surface area contributed by atoms with Gasteiger partial charge >= 0.3 is 5.97 Å². The van der Waals surface area contributed by atoms with Crippen LogP contribution in [0.15, 0.2) is 47.4 Å². The van der Waals surface area contributed by atoms with Crippen molar-refractivity contribution in [3.63, 3.8) is 0 Å². The number of fused-ring (bicyclic) bond motifs is 1. The van der Waals surface area contributed by atoms with E-state index in [1.807, 2.05) is 6.92 Å². The number of amides is 1. The van der Waals surface area contributed by atoms with Crippen LogP contribution in [0.25, 0.3) is 11.0 Å². The van der Waals surface area contributed by atoms with Crippen LogP contribution in [0.4, 0.5) is 11.6 Å². The number of carbonyl (C=O) groups excluding carboxylic acids is 1. The first-order chi connectivity index (χ1) is 16.2. The fraction of sp³-hybridized carbons (Fsp3) is 0.143.